The Balaban J connectivity index is 1.71. The Bertz CT molecular complexity index is 1100. The van der Waals surface area contributed by atoms with E-state index in [0.29, 0.717) is 6.61 Å². The van der Waals surface area contributed by atoms with Gasteiger partial charge in [-0.15, -0.1) is 0 Å². The van der Waals surface area contributed by atoms with E-state index >= 15 is 0 Å². The van der Waals surface area contributed by atoms with Crippen molar-refractivity contribution < 1.29 is 4.74 Å². The van der Waals surface area contributed by atoms with Gasteiger partial charge in [0, 0.05) is 0 Å². The first-order valence-corrected chi connectivity index (χ1v) is 13.5. The van der Waals surface area contributed by atoms with E-state index in [2.05, 4.69) is 103 Å². The first kappa shape index (κ1) is 25.5. The van der Waals surface area contributed by atoms with Gasteiger partial charge in [-0.2, -0.15) is 0 Å². The molecule has 0 saturated carbocycles. The average molecular weight is 469 g/mol. The second-order valence-electron chi connectivity index (χ2n) is 12.5. The molecule has 186 valence electrons. The molecule has 0 spiro atoms. The lowest BCUT2D eigenvalue weighted by atomic mass is 9.80. The zero-order valence-electron chi connectivity index (χ0n) is 23.1. The van der Waals surface area contributed by atoms with Crippen LogP contribution in [0.2, 0.25) is 0 Å². The summed E-state index contributed by atoms with van der Waals surface area (Å²) >= 11 is 0. The van der Waals surface area contributed by atoms with Gasteiger partial charge in [0.05, 0.1) is 0 Å². The molecular weight excluding hydrogens is 424 g/mol. The molecule has 1 aliphatic carbocycles. The molecule has 1 aliphatic rings. The summed E-state index contributed by atoms with van der Waals surface area (Å²) in [5.41, 5.74) is 11.8. The standard InChI is InChI=1S/C34H44O/c1-24-26-15-11-17-28-21-31(34(5,6)7)22-29(32(28)35-23-25-13-9-8-10-14-25)18-12-16-27(24)20-30(19-26)33(2,3)4/h8-10,13-14,19-22H,11-12,15-18,23H2,1-7H3. The number of fused-ring (bicyclic) bond motifs is 4. The monoisotopic (exact) mass is 468 g/mol. The fourth-order valence-electron chi connectivity index (χ4n) is 5.20. The van der Waals surface area contributed by atoms with Gasteiger partial charge >= 0.3 is 0 Å². The van der Waals surface area contributed by atoms with Gasteiger partial charge in [-0.1, -0.05) is 96.1 Å². The smallest absolute Gasteiger partial charge is 0.126 e. The molecule has 0 aliphatic heterocycles. The summed E-state index contributed by atoms with van der Waals surface area (Å²) in [6.07, 6.45) is 6.63. The first-order chi connectivity index (χ1) is 16.5. The van der Waals surface area contributed by atoms with Crippen molar-refractivity contribution in [1.82, 2.24) is 0 Å². The third kappa shape index (κ3) is 6.18. The van der Waals surface area contributed by atoms with E-state index in [1.165, 1.54) is 44.5 Å². The van der Waals surface area contributed by atoms with Crippen molar-refractivity contribution in [2.75, 3.05) is 0 Å². The summed E-state index contributed by atoms with van der Waals surface area (Å²) in [4.78, 5) is 0. The Morgan fingerprint density at radius 3 is 1.51 bits per heavy atom. The molecule has 0 aromatic heterocycles. The molecule has 0 heterocycles. The molecule has 0 amide bonds. The maximum absolute atomic E-state index is 6.61. The molecule has 0 saturated heterocycles. The molecule has 4 bridgehead atoms. The topological polar surface area (TPSA) is 9.23 Å². The van der Waals surface area contributed by atoms with E-state index < -0.39 is 0 Å². The van der Waals surface area contributed by atoms with Crippen LogP contribution in [0.1, 0.15) is 98.9 Å². The Morgan fingerprint density at radius 2 is 1.06 bits per heavy atom. The molecule has 0 radical (unpaired) electrons. The zero-order valence-corrected chi connectivity index (χ0v) is 23.1. The van der Waals surface area contributed by atoms with Gasteiger partial charge in [0.25, 0.3) is 0 Å². The van der Waals surface area contributed by atoms with Gasteiger partial charge in [0.2, 0.25) is 0 Å². The number of aryl methyl sites for hydroxylation is 4. The minimum Gasteiger partial charge on any atom is -0.488 e. The number of hydrogen-bond donors (Lipinski definition) is 0. The highest BCUT2D eigenvalue weighted by molar-refractivity contribution is 5.48. The van der Waals surface area contributed by atoms with Crippen molar-refractivity contribution in [3.63, 3.8) is 0 Å². The summed E-state index contributed by atoms with van der Waals surface area (Å²) < 4.78 is 6.61. The second kappa shape index (κ2) is 10.2. The summed E-state index contributed by atoms with van der Waals surface area (Å²) in [5.74, 6) is 1.14. The molecule has 0 fully saturated rings. The predicted molar refractivity (Wildman–Crippen MR) is 150 cm³/mol. The van der Waals surface area contributed by atoms with Gasteiger partial charge in [-0.3, -0.25) is 0 Å². The van der Waals surface area contributed by atoms with E-state index in [4.69, 9.17) is 4.74 Å². The highest BCUT2D eigenvalue weighted by Gasteiger charge is 2.22. The van der Waals surface area contributed by atoms with Crippen LogP contribution in [0.15, 0.2) is 54.6 Å². The maximum Gasteiger partial charge on any atom is 0.126 e. The normalized spacial score (nSPS) is 14.7. The van der Waals surface area contributed by atoms with Crippen molar-refractivity contribution >= 4 is 0 Å². The molecule has 3 aromatic rings. The third-order valence-corrected chi connectivity index (χ3v) is 7.61. The lowest BCUT2D eigenvalue weighted by molar-refractivity contribution is 0.298. The van der Waals surface area contributed by atoms with Crippen LogP contribution < -0.4 is 4.74 Å². The molecule has 0 N–H and O–H groups in total. The van der Waals surface area contributed by atoms with E-state index in [0.717, 1.165) is 44.3 Å². The van der Waals surface area contributed by atoms with Crippen LogP contribution in [-0.4, -0.2) is 0 Å². The molecule has 3 aromatic carbocycles. The Labute approximate surface area is 213 Å². The largest absolute Gasteiger partial charge is 0.488 e. The van der Waals surface area contributed by atoms with Crippen molar-refractivity contribution in [1.29, 1.82) is 0 Å². The Kier molecular flexibility index (Phi) is 7.46. The van der Waals surface area contributed by atoms with Crippen molar-refractivity contribution in [2.45, 2.75) is 104 Å². The molecule has 35 heavy (non-hydrogen) atoms. The van der Waals surface area contributed by atoms with Crippen molar-refractivity contribution in [2.24, 2.45) is 0 Å². The van der Waals surface area contributed by atoms with Crippen LogP contribution in [0.3, 0.4) is 0 Å². The van der Waals surface area contributed by atoms with Crippen molar-refractivity contribution in [3.05, 3.63) is 99.1 Å². The lowest BCUT2D eigenvalue weighted by Gasteiger charge is -2.26. The third-order valence-electron chi connectivity index (χ3n) is 7.61. The summed E-state index contributed by atoms with van der Waals surface area (Å²) in [6.45, 7) is 17.0. The molecule has 0 atom stereocenters. The van der Waals surface area contributed by atoms with Crippen LogP contribution in [0.4, 0.5) is 0 Å². The van der Waals surface area contributed by atoms with Gasteiger partial charge in [-0.25, -0.2) is 0 Å². The Morgan fingerprint density at radius 1 is 0.629 bits per heavy atom. The molecule has 0 unspecified atom stereocenters. The number of hydrogen-bond acceptors (Lipinski definition) is 1. The van der Waals surface area contributed by atoms with Crippen LogP contribution in [0, 0.1) is 6.92 Å². The molecular formula is C34H44O. The van der Waals surface area contributed by atoms with Crippen molar-refractivity contribution in [3.8, 4) is 5.75 Å². The van der Waals surface area contributed by atoms with Gasteiger partial charge < -0.3 is 4.74 Å². The summed E-state index contributed by atoms with van der Waals surface area (Å²) in [5, 5.41) is 0. The summed E-state index contributed by atoms with van der Waals surface area (Å²) in [7, 11) is 0. The quantitative estimate of drug-likeness (QED) is 0.373. The maximum atomic E-state index is 6.61. The van der Waals surface area contributed by atoms with E-state index in [1.807, 2.05) is 0 Å². The van der Waals surface area contributed by atoms with E-state index in [9.17, 15) is 0 Å². The van der Waals surface area contributed by atoms with Crippen LogP contribution in [-0.2, 0) is 43.1 Å². The minimum absolute atomic E-state index is 0.126. The minimum atomic E-state index is 0.126. The lowest BCUT2D eigenvalue weighted by Crippen LogP contribution is -2.15. The first-order valence-electron chi connectivity index (χ1n) is 13.5. The predicted octanol–water partition coefficient (Wildman–Crippen LogP) is 8.83. The highest BCUT2D eigenvalue weighted by atomic mass is 16.5. The fourth-order valence-corrected chi connectivity index (χ4v) is 5.20. The summed E-state index contributed by atoms with van der Waals surface area (Å²) in [6, 6.07) is 20.4. The van der Waals surface area contributed by atoms with Gasteiger partial charge in [0.1, 0.15) is 12.4 Å². The number of benzene rings is 3. The zero-order chi connectivity index (χ0) is 25.2. The number of ether oxygens (including phenoxy) is 1. The van der Waals surface area contributed by atoms with Crippen LogP contribution in [0.25, 0.3) is 0 Å². The van der Waals surface area contributed by atoms with Crippen LogP contribution >= 0.6 is 0 Å². The van der Waals surface area contributed by atoms with Gasteiger partial charge in [-0.05, 0) is 101 Å². The SMILES string of the molecule is Cc1c2cc(C(C)(C)C)cc1CCCc1cc(C(C)(C)C)cc(c1OCc1ccccc1)CCC2. The number of rotatable bonds is 3. The average Bonchev–Trinajstić information content (AvgIpc) is 2.79. The second-order valence-corrected chi connectivity index (χ2v) is 12.5. The Hall–Kier alpha value is -2.54. The van der Waals surface area contributed by atoms with Gasteiger partial charge in [0.15, 0.2) is 0 Å². The van der Waals surface area contributed by atoms with Crippen LogP contribution in [0.5, 0.6) is 5.75 Å². The fraction of sp³-hybridized carbons (Fsp3) is 0.471. The molecule has 4 rings (SSSR count). The van der Waals surface area contributed by atoms with E-state index in [1.54, 1.807) is 0 Å². The molecule has 1 heteroatoms. The van der Waals surface area contributed by atoms with E-state index in [-0.39, 0.29) is 10.8 Å². The molecule has 1 nitrogen and oxygen atoms in total. The highest BCUT2D eigenvalue weighted by Crippen LogP contribution is 2.36.